The third kappa shape index (κ3) is 3.10. The highest BCUT2D eigenvalue weighted by Gasteiger charge is 2.17. The van der Waals surface area contributed by atoms with Crippen LogP contribution in [0.2, 0.25) is 0 Å². The summed E-state index contributed by atoms with van der Waals surface area (Å²) in [4.78, 5) is 9.05. The number of likely N-dealkylation sites (N-methyl/N-ethyl adjacent to an activating group) is 1. The first kappa shape index (κ1) is 16.1. The van der Waals surface area contributed by atoms with E-state index in [4.69, 9.17) is 5.10 Å². The summed E-state index contributed by atoms with van der Waals surface area (Å²) < 4.78 is 1.88. The average molecular weight is 359 g/mol. The maximum atomic E-state index is 4.83. The Labute approximate surface area is 157 Å². The molecule has 0 saturated carbocycles. The van der Waals surface area contributed by atoms with Gasteiger partial charge in [0.1, 0.15) is 5.82 Å². The predicted molar refractivity (Wildman–Crippen MR) is 105 cm³/mol. The number of fused-ring (bicyclic) bond motifs is 2. The van der Waals surface area contributed by atoms with Crippen molar-refractivity contribution in [1.82, 2.24) is 29.7 Å². The summed E-state index contributed by atoms with van der Waals surface area (Å²) >= 11 is 0. The lowest BCUT2D eigenvalue weighted by molar-refractivity contribution is 0.311. The standard InChI is InChI=1S/C20H21N7/c1-25-9-11-26(12-10-25)19-7-6-18-22-23-20(27(18)24-19)14-15-4-5-17-16(13-15)3-2-8-21-17/h2-8,13H,9-12,14H2,1H3. The van der Waals surface area contributed by atoms with E-state index in [9.17, 15) is 0 Å². The molecule has 7 nitrogen and oxygen atoms in total. The molecule has 0 N–H and O–H groups in total. The Balaban J connectivity index is 1.46. The minimum Gasteiger partial charge on any atom is -0.353 e. The lowest BCUT2D eigenvalue weighted by Gasteiger charge is -2.33. The van der Waals surface area contributed by atoms with Gasteiger partial charge in [-0.25, -0.2) is 0 Å². The van der Waals surface area contributed by atoms with Crippen molar-refractivity contribution in [2.24, 2.45) is 0 Å². The van der Waals surface area contributed by atoms with E-state index in [1.54, 1.807) is 0 Å². The van der Waals surface area contributed by atoms with E-state index in [0.29, 0.717) is 6.42 Å². The smallest absolute Gasteiger partial charge is 0.178 e. The molecule has 0 bridgehead atoms. The summed E-state index contributed by atoms with van der Waals surface area (Å²) in [6.07, 6.45) is 2.50. The van der Waals surface area contributed by atoms with E-state index in [-0.39, 0.29) is 0 Å². The second-order valence-electron chi connectivity index (χ2n) is 7.08. The summed E-state index contributed by atoms with van der Waals surface area (Å²) in [5.41, 5.74) is 2.96. The molecule has 7 heteroatoms. The van der Waals surface area contributed by atoms with Crippen molar-refractivity contribution in [3.8, 4) is 0 Å². The fourth-order valence-electron chi connectivity index (χ4n) is 3.56. The van der Waals surface area contributed by atoms with E-state index in [1.807, 2.05) is 28.9 Å². The van der Waals surface area contributed by atoms with Crippen LogP contribution in [0.5, 0.6) is 0 Å². The predicted octanol–water partition coefficient (Wildman–Crippen LogP) is 2.02. The van der Waals surface area contributed by atoms with Crippen molar-refractivity contribution in [2.45, 2.75) is 6.42 Å². The van der Waals surface area contributed by atoms with Crippen LogP contribution < -0.4 is 4.90 Å². The zero-order valence-electron chi connectivity index (χ0n) is 15.3. The van der Waals surface area contributed by atoms with E-state index >= 15 is 0 Å². The van der Waals surface area contributed by atoms with E-state index < -0.39 is 0 Å². The molecule has 0 aliphatic carbocycles. The first-order valence-electron chi connectivity index (χ1n) is 9.25. The molecule has 0 unspecified atom stereocenters. The molecule has 1 aliphatic rings. The number of hydrogen-bond acceptors (Lipinski definition) is 6. The summed E-state index contributed by atoms with van der Waals surface area (Å²) in [5.74, 6) is 1.84. The van der Waals surface area contributed by atoms with Gasteiger partial charge in [0, 0.05) is 44.2 Å². The highest BCUT2D eigenvalue weighted by atomic mass is 15.4. The first-order chi connectivity index (χ1) is 13.3. The molecule has 4 aromatic rings. The Hall–Kier alpha value is -3.06. The van der Waals surface area contributed by atoms with Gasteiger partial charge >= 0.3 is 0 Å². The monoisotopic (exact) mass is 359 g/mol. The van der Waals surface area contributed by atoms with Gasteiger partial charge in [0.25, 0.3) is 0 Å². The van der Waals surface area contributed by atoms with Crippen LogP contribution in [0.1, 0.15) is 11.4 Å². The minimum absolute atomic E-state index is 0.686. The molecule has 1 aromatic carbocycles. The minimum atomic E-state index is 0.686. The number of pyridine rings is 1. The van der Waals surface area contributed by atoms with Gasteiger partial charge in [0.15, 0.2) is 11.5 Å². The first-order valence-corrected chi connectivity index (χ1v) is 9.25. The maximum absolute atomic E-state index is 4.83. The summed E-state index contributed by atoms with van der Waals surface area (Å²) in [5, 5.41) is 14.6. The second-order valence-corrected chi connectivity index (χ2v) is 7.08. The second kappa shape index (κ2) is 6.59. The third-order valence-corrected chi connectivity index (χ3v) is 5.17. The number of anilines is 1. The lowest BCUT2D eigenvalue weighted by atomic mass is 10.1. The van der Waals surface area contributed by atoms with Gasteiger partial charge in [-0.15, -0.1) is 15.3 Å². The van der Waals surface area contributed by atoms with Gasteiger partial charge in [-0.1, -0.05) is 12.1 Å². The molecular weight excluding hydrogens is 338 g/mol. The van der Waals surface area contributed by atoms with Crippen molar-refractivity contribution >= 4 is 22.4 Å². The van der Waals surface area contributed by atoms with Crippen molar-refractivity contribution < 1.29 is 0 Å². The van der Waals surface area contributed by atoms with Crippen molar-refractivity contribution in [3.63, 3.8) is 0 Å². The van der Waals surface area contributed by atoms with Crippen LogP contribution in [-0.4, -0.2) is 62.9 Å². The molecule has 4 heterocycles. The molecule has 0 radical (unpaired) electrons. The largest absolute Gasteiger partial charge is 0.353 e. The van der Waals surface area contributed by atoms with Crippen LogP contribution in [0.25, 0.3) is 16.6 Å². The fraction of sp³-hybridized carbons (Fsp3) is 0.300. The Morgan fingerprint density at radius 1 is 0.963 bits per heavy atom. The molecule has 3 aromatic heterocycles. The number of benzene rings is 1. The lowest BCUT2D eigenvalue weighted by Crippen LogP contribution is -2.45. The van der Waals surface area contributed by atoms with Crippen molar-refractivity contribution in [3.05, 3.63) is 60.0 Å². The van der Waals surface area contributed by atoms with E-state index in [2.05, 4.69) is 56.3 Å². The number of hydrogen-bond donors (Lipinski definition) is 0. The Bertz CT molecular complexity index is 1100. The highest BCUT2D eigenvalue weighted by Crippen LogP contribution is 2.18. The van der Waals surface area contributed by atoms with E-state index in [1.165, 1.54) is 5.56 Å². The summed E-state index contributed by atoms with van der Waals surface area (Å²) in [7, 11) is 2.16. The molecule has 1 saturated heterocycles. The molecule has 136 valence electrons. The highest BCUT2D eigenvalue weighted by molar-refractivity contribution is 5.79. The average Bonchev–Trinajstić information content (AvgIpc) is 3.10. The third-order valence-electron chi connectivity index (χ3n) is 5.17. The van der Waals surface area contributed by atoms with Crippen LogP contribution in [0, 0.1) is 0 Å². The molecule has 0 spiro atoms. The zero-order valence-corrected chi connectivity index (χ0v) is 15.3. The fourth-order valence-corrected chi connectivity index (χ4v) is 3.56. The molecule has 27 heavy (non-hydrogen) atoms. The molecular formula is C20H21N7. The van der Waals surface area contributed by atoms with Gasteiger partial charge in [0.05, 0.1) is 5.52 Å². The quantitative estimate of drug-likeness (QED) is 0.558. The summed E-state index contributed by atoms with van der Waals surface area (Å²) in [6.45, 7) is 4.09. The molecule has 1 aliphatic heterocycles. The van der Waals surface area contributed by atoms with Gasteiger partial charge < -0.3 is 9.80 Å². The van der Waals surface area contributed by atoms with Crippen LogP contribution >= 0.6 is 0 Å². The van der Waals surface area contributed by atoms with Crippen molar-refractivity contribution in [2.75, 3.05) is 38.1 Å². The number of aromatic nitrogens is 5. The topological polar surface area (TPSA) is 62.5 Å². The number of piperazine rings is 1. The van der Waals surface area contributed by atoms with Crippen molar-refractivity contribution in [1.29, 1.82) is 0 Å². The molecule has 1 fully saturated rings. The number of nitrogens with zero attached hydrogens (tertiary/aromatic N) is 7. The molecule has 5 rings (SSSR count). The number of rotatable bonds is 3. The Morgan fingerprint density at radius 3 is 2.74 bits per heavy atom. The van der Waals surface area contributed by atoms with E-state index in [0.717, 1.165) is 54.4 Å². The maximum Gasteiger partial charge on any atom is 0.178 e. The molecule has 0 amide bonds. The normalized spacial score (nSPS) is 15.7. The zero-order chi connectivity index (χ0) is 18.2. The van der Waals surface area contributed by atoms with Crippen LogP contribution in [0.3, 0.4) is 0 Å². The van der Waals surface area contributed by atoms with Gasteiger partial charge in [-0.05, 0) is 42.9 Å². The van der Waals surface area contributed by atoms with Gasteiger partial charge in [-0.3, -0.25) is 4.98 Å². The Morgan fingerprint density at radius 2 is 1.85 bits per heavy atom. The summed E-state index contributed by atoms with van der Waals surface area (Å²) in [6, 6.07) is 14.4. The SMILES string of the molecule is CN1CCN(c2ccc3nnc(Cc4ccc5ncccc5c4)n3n2)CC1. The van der Waals surface area contributed by atoms with Gasteiger partial charge in [-0.2, -0.15) is 4.52 Å². The Kier molecular flexibility index (Phi) is 3.94. The molecule has 0 atom stereocenters. The van der Waals surface area contributed by atoms with Crippen LogP contribution in [-0.2, 0) is 6.42 Å². The van der Waals surface area contributed by atoms with Crippen LogP contribution in [0.15, 0.2) is 48.7 Å². The van der Waals surface area contributed by atoms with Gasteiger partial charge in [0.2, 0.25) is 0 Å². The van der Waals surface area contributed by atoms with Crippen LogP contribution in [0.4, 0.5) is 5.82 Å².